The first-order valence-electron chi connectivity index (χ1n) is 8.56. The highest BCUT2D eigenvalue weighted by molar-refractivity contribution is 7.98. The van der Waals surface area contributed by atoms with Crippen LogP contribution in [0.1, 0.15) is 25.3 Å². The van der Waals surface area contributed by atoms with Gasteiger partial charge in [0.05, 0.1) is 6.54 Å². The second-order valence-corrected chi connectivity index (χ2v) is 7.38. The van der Waals surface area contributed by atoms with Gasteiger partial charge in [0.25, 0.3) is 0 Å². The molecule has 134 valence electrons. The second kappa shape index (κ2) is 10.2. The molecular formula is C18H28ClN3OS. The van der Waals surface area contributed by atoms with E-state index >= 15 is 0 Å². The highest BCUT2D eigenvalue weighted by Crippen LogP contribution is 2.38. The van der Waals surface area contributed by atoms with E-state index in [9.17, 15) is 0 Å². The lowest BCUT2D eigenvalue weighted by molar-refractivity contribution is 0.0531. The molecule has 4 nitrogen and oxygen atoms in total. The molecule has 24 heavy (non-hydrogen) atoms. The van der Waals surface area contributed by atoms with E-state index < -0.39 is 0 Å². The molecule has 2 N–H and O–H groups in total. The minimum absolute atomic E-state index is 0.0432. The highest BCUT2D eigenvalue weighted by Gasteiger charge is 2.36. The number of benzene rings is 1. The Morgan fingerprint density at radius 2 is 2.04 bits per heavy atom. The number of nitrogens with zero attached hydrogens (tertiary/aromatic N) is 1. The van der Waals surface area contributed by atoms with E-state index in [1.165, 1.54) is 5.56 Å². The van der Waals surface area contributed by atoms with E-state index in [1.807, 2.05) is 23.9 Å². The largest absolute Gasteiger partial charge is 0.381 e. The lowest BCUT2D eigenvalue weighted by atomic mass is 9.74. The number of rotatable bonds is 7. The summed E-state index contributed by atoms with van der Waals surface area (Å²) >= 11 is 8.33. The third kappa shape index (κ3) is 5.30. The fraction of sp³-hybridized carbons (Fsp3) is 0.611. The SMILES string of the molecule is CCNC(=NCC1(c2ccccc2Cl)CCOCC1)NCCSC. The van der Waals surface area contributed by atoms with Crippen molar-refractivity contribution in [2.45, 2.75) is 25.2 Å². The number of hydrogen-bond donors (Lipinski definition) is 2. The predicted octanol–water partition coefficient (Wildman–Crippen LogP) is 3.31. The Balaban J connectivity index is 2.18. The Hall–Kier alpha value is -0.910. The molecule has 6 heteroatoms. The van der Waals surface area contributed by atoms with Gasteiger partial charge in [-0.25, -0.2) is 0 Å². The third-order valence-electron chi connectivity index (χ3n) is 4.38. The van der Waals surface area contributed by atoms with E-state index in [2.05, 4.69) is 35.9 Å². The number of halogens is 1. The van der Waals surface area contributed by atoms with Gasteiger partial charge in [0.1, 0.15) is 0 Å². The van der Waals surface area contributed by atoms with Gasteiger partial charge in [0, 0.05) is 42.5 Å². The molecule has 0 aliphatic carbocycles. The standard InChI is InChI=1S/C18H28ClN3OS/c1-3-20-17(21-10-13-24-2)22-14-18(8-11-23-12-9-18)15-6-4-5-7-16(15)19/h4-7H,3,8-14H2,1-2H3,(H2,20,21,22). The van der Waals surface area contributed by atoms with E-state index in [4.69, 9.17) is 21.3 Å². The van der Waals surface area contributed by atoms with Gasteiger partial charge in [-0.3, -0.25) is 4.99 Å². The molecule has 1 fully saturated rings. The first-order chi connectivity index (χ1) is 11.7. The Kier molecular flexibility index (Phi) is 8.22. The normalized spacial score (nSPS) is 17.5. The molecule has 2 rings (SSSR count). The smallest absolute Gasteiger partial charge is 0.191 e. The molecule has 0 atom stereocenters. The van der Waals surface area contributed by atoms with Crippen molar-refractivity contribution >= 4 is 29.3 Å². The molecule has 0 aromatic heterocycles. The molecule has 0 bridgehead atoms. The number of aliphatic imine (C=N–C) groups is 1. The topological polar surface area (TPSA) is 45.7 Å². The molecular weight excluding hydrogens is 342 g/mol. The number of thioether (sulfide) groups is 1. The van der Waals surface area contributed by atoms with Crippen molar-refractivity contribution in [2.24, 2.45) is 4.99 Å². The number of hydrogen-bond acceptors (Lipinski definition) is 3. The van der Waals surface area contributed by atoms with Gasteiger partial charge in [-0.15, -0.1) is 0 Å². The van der Waals surface area contributed by atoms with Crippen molar-refractivity contribution in [1.29, 1.82) is 0 Å². The van der Waals surface area contributed by atoms with Gasteiger partial charge < -0.3 is 15.4 Å². The summed E-state index contributed by atoms with van der Waals surface area (Å²) in [5.41, 5.74) is 1.15. The third-order valence-corrected chi connectivity index (χ3v) is 5.32. The van der Waals surface area contributed by atoms with Gasteiger partial charge in [0.15, 0.2) is 5.96 Å². The zero-order chi connectivity index (χ0) is 17.3. The summed E-state index contributed by atoms with van der Waals surface area (Å²) in [6, 6.07) is 8.15. The molecule has 1 aromatic rings. The highest BCUT2D eigenvalue weighted by atomic mass is 35.5. The minimum Gasteiger partial charge on any atom is -0.381 e. The van der Waals surface area contributed by atoms with Crippen LogP contribution in [0.3, 0.4) is 0 Å². The zero-order valence-corrected chi connectivity index (χ0v) is 16.2. The molecule has 0 unspecified atom stereocenters. The lowest BCUT2D eigenvalue weighted by Crippen LogP contribution is -2.42. The van der Waals surface area contributed by atoms with Crippen molar-refractivity contribution in [3.8, 4) is 0 Å². The predicted molar refractivity (Wildman–Crippen MR) is 106 cm³/mol. The average Bonchev–Trinajstić information content (AvgIpc) is 2.61. The molecule has 1 saturated heterocycles. The quantitative estimate of drug-likeness (QED) is 0.439. The van der Waals surface area contributed by atoms with Gasteiger partial charge in [0.2, 0.25) is 0 Å². The van der Waals surface area contributed by atoms with Crippen LogP contribution in [0.4, 0.5) is 0 Å². The summed E-state index contributed by atoms with van der Waals surface area (Å²) < 4.78 is 5.59. The Morgan fingerprint density at radius 1 is 1.29 bits per heavy atom. The maximum atomic E-state index is 6.50. The van der Waals surface area contributed by atoms with Crippen LogP contribution < -0.4 is 10.6 Å². The van der Waals surface area contributed by atoms with Crippen molar-refractivity contribution < 1.29 is 4.74 Å². The van der Waals surface area contributed by atoms with Crippen molar-refractivity contribution in [2.75, 3.05) is 44.9 Å². The molecule has 0 spiro atoms. The second-order valence-electron chi connectivity index (χ2n) is 5.99. The summed E-state index contributed by atoms with van der Waals surface area (Å²) in [5.74, 6) is 1.94. The Bertz CT molecular complexity index is 533. The molecule has 0 amide bonds. The van der Waals surface area contributed by atoms with E-state index in [0.717, 1.165) is 55.9 Å². The van der Waals surface area contributed by atoms with Crippen LogP contribution in [0.25, 0.3) is 0 Å². The van der Waals surface area contributed by atoms with Crippen molar-refractivity contribution in [3.05, 3.63) is 34.9 Å². The van der Waals surface area contributed by atoms with Crippen molar-refractivity contribution in [3.63, 3.8) is 0 Å². The van der Waals surface area contributed by atoms with Crippen LogP contribution in [0.5, 0.6) is 0 Å². The summed E-state index contributed by atoms with van der Waals surface area (Å²) in [6.45, 7) is 6.09. The number of nitrogens with one attached hydrogen (secondary N) is 2. The molecule has 1 aliphatic rings. The zero-order valence-electron chi connectivity index (χ0n) is 14.6. The van der Waals surface area contributed by atoms with E-state index in [1.54, 1.807) is 0 Å². The Morgan fingerprint density at radius 3 is 2.71 bits per heavy atom. The van der Waals surface area contributed by atoms with Crippen LogP contribution >= 0.6 is 23.4 Å². The maximum absolute atomic E-state index is 6.50. The molecule has 1 heterocycles. The fourth-order valence-corrected chi connectivity index (χ4v) is 3.65. The molecule has 0 saturated carbocycles. The Labute approximate surface area is 154 Å². The first kappa shape index (κ1) is 19.4. The van der Waals surface area contributed by atoms with Crippen LogP contribution in [-0.4, -0.2) is 50.8 Å². The summed E-state index contributed by atoms with van der Waals surface area (Å²) in [7, 11) is 0. The van der Waals surface area contributed by atoms with Crippen LogP contribution in [0.2, 0.25) is 5.02 Å². The van der Waals surface area contributed by atoms with Gasteiger partial charge in [-0.2, -0.15) is 11.8 Å². The number of ether oxygens (including phenoxy) is 1. The van der Waals surface area contributed by atoms with Gasteiger partial charge >= 0.3 is 0 Å². The number of guanidine groups is 1. The minimum atomic E-state index is -0.0432. The van der Waals surface area contributed by atoms with Crippen LogP contribution in [0, 0.1) is 0 Å². The van der Waals surface area contributed by atoms with Crippen LogP contribution in [0.15, 0.2) is 29.3 Å². The van der Waals surface area contributed by atoms with E-state index in [-0.39, 0.29) is 5.41 Å². The molecule has 1 aliphatic heterocycles. The lowest BCUT2D eigenvalue weighted by Gasteiger charge is -2.37. The maximum Gasteiger partial charge on any atom is 0.191 e. The summed E-state index contributed by atoms with van der Waals surface area (Å²) in [4.78, 5) is 4.87. The summed E-state index contributed by atoms with van der Waals surface area (Å²) in [5, 5.41) is 7.56. The van der Waals surface area contributed by atoms with E-state index in [0.29, 0.717) is 6.54 Å². The average molecular weight is 370 g/mol. The summed E-state index contributed by atoms with van der Waals surface area (Å²) in [6.07, 6.45) is 4.01. The fourth-order valence-electron chi connectivity index (χ4n) is 3.01. The van der Waals surface area contributed by atoms with Crippen LogP contribution in [-0.2, 0) is 10.2 Å². The first-order valence-corrected chi connectivity index (χ1v) is 10.3. The molecule has 0 radical (unpaired) electrons. The monoisotopic (exact) mass is 369 g/mol. The molecule has 1 aromatic carbocycles. The van der Waals surface area contributed by atoms with Crippen molar-refractivity contribution in [1.82, 2.24) is 10.6 Å². The van der Waals surface area contributed by atoms with Gasteiger partial charge in [-0.05, 0) is 37.7 Å². The van der Waals surface area contributed by atoms with Gasteiger partial charge in [-0.1, -0.05) is 29.8 Å².